The lowest BCUT2D eigenvalue weighted by Crippen LogP contribution is -2.29. The average Bonchev–Trinajstić information content (AvgIpc) is 1.57. The summed E-state index contributed by atoms with van der Waals surface area (Å²) in [6.07, 6.45) is -5.49. The second kappa shape index (κ2) is 2.89. The van der Waals surface area contributed by atoms with Crippen LogP contribution in [0.2, 0.25) is 12.6 Å². The molecule has 0 rings (SSSR count). The number of rotatable bonds is 2. The van der Waals surface area contributed by atoms with Crippen molar-refractivity contribution < 1.29 is 22.8 Å². The van der Waals surface area contributed by atoms with Crippen molar-refractivity contribution in [2.24, 2.45) is 0 Å². The molecule has 0 aromatic carbocycles. The monoisotopic (exact) mass is 173 g/mol. The molecule has 6 heteroatoms. The molecule has 2 nitrogen and oxygen atoms in total. The van der Waals surface area contributed by atoms with Crippen molar-refractivity contribution in [3.8, 4) is 0 Å². The standard InChI is InChI=1S/C4H8F3O2Si/c1-10(8,9)3-2-4(5,6)7/h8H,2-3H2,1H3. The number of hydrogen-bond acceptors (Lipinski definition) is 1. The molecule has 1 unspecified atom stereocenters. The first-order valence-corrected chi connectivity index (χ1v) is 5.26. The van der Waals surface area contributed by atoms with E-state index in [0.717, 1.165) is 6.55 Å². The highest BCUT2D eigenvalue weighted by molar-refractivity contribution is 6.62. The van der Waals surface area contributed by atoms with Crippen molar-refractivity contribution in [2.75, 3.05) is 0 Å². The first-order chi connectivity index (χ1) is 4.21. The third kappa shape index (κ3) is 7.93. The van der Waals surface area contributed by atoms with E-state index >= 15 is 0 Å². The zero-order chi connectivity index (χ0) is 8.41. The van der Waals surface area contributed by atoms with Crippen LogP contribution in [-0.4, -0.2) is 19.5 Å². The van der Waals surface area contributed by atoms with Crippen LogP contribution in [0, 0.1) is 0 Å². The van der Waals surface area contributed by atoms with Gasteiger partial charge in [-0.15, -0.1) is 0 Å². The lowest BCUT2D eigenvalue weighted by molar-refractivity contribution is -0.131. The molecule has 0 aromatic heterocycles. The van der Waals surface area contributed by atoms with Crippen molar-refractivity contribution in [1.82, 2.24) is 0 Å². The summed E-state index contributed by atoms with van der Waals surface area (Å²) in [4.78, 5) is 18.8. The molecular weight excluding hydrogens is 165 g/mol. The second-order valence-electron chi connectivity index (χ2n) is 2.29. The fraction of sp³-hybridized carbons (Fsp3) is 1.00. The first-order valence-electron chi connectivity index (χ1n) is 2.70. The normalized spacial score (nSPS) is 13.8. The molecule has 1 N–H and O–H groups in total. The van der Waals surface area contributed by atoms with Gasteiger partial charge in [-0.3, -0.25) is 4.80 Å². The molecule has 0 aromatic rings. The fourth-order valence-electron chi connectivity index (χ4n) is 0.374. The van der Waals surface area contributed by atoms with Gasteiger partial charge in [0.2, 0.25) is 0 Å². The van der Waals surface area contributed by atoms with Crippen LogP contribution >= 0.6 is 0 Å². The minimum atomic E-state index is -4.32. The highest BCUT2D eigenvalue weighted by Crippen LogP contribution is 2.24. The summed E-state index contributed by atoms with van der Waals surface area (Å²) in [7, 11) is -3.74. The van der Waals surface area contributed by atoms with Crippen LogP contribution in [0.4, 0.5) is 13.2 Å². The van der Waals surface area contributed by atoms with E-state index in [4.69, 9.17) is 4.80 Å². The molecule has 0 amide bonds. The largest absolute Gasteiger partial charge is 0.409 e. The number of alkyl halides is 3. The van der Waals surface area contributed by atoms with Crippen LogP contribution in [0.3, 0.4) is 0 Å². The van der Waals surface area contributed by atoms with Crippen LogP contribution in [0.1, 0.15) is 6.42 Å². The summed E-state index contributed by atoms with van der Waals surface area (Å²) in [6, 6.07) is -0.656. The van der Waals surface area contributed by atoms with Gasteiger partial charge in [0, 0.05) is 12.5 Å². The molecule has 0 saturated carbocycles. The summed E-state index contributed by atoms with van der Waals surface area (Å²) >= 11 is 0. The molecule has 0 aliphatic heterocycles. The minimum Gasteiger partial charge on any atom is -0.409 e. The van der Waals surface area contributed by atoms with Gasteiger partial charge in [0.05, 0.1) is 0 Å². The van der Waals surface area contributed by atoms with Crippen LogP contribution in [-0.2, 0) is 4.80 Å². The van der Waals surface area contributed by atoms with Crippen LogP contribution in [0.25, 0.3) is 0 Å². The fourth-order valence-corrected chi connectivity index (χ4v) is 1.12. The van der Waals surface area contributed by atoms with Crippen molar-refractivity contribution in [1.29, 1.82) is 0 Å². The van der Waals surface area contributed by atoms with Crippen molar-refractivity contribution in [3.63, 3.8) is 0 Å². The molecule has 0 aliphatic rings. The summed E-state index contributed by atoms with van der Waals surface area (Å²) in [5.74, 6) is 0. The second-order valence-corrected chi connectivity index (χ2v) is 5.14. The van der Waals surface area contributed by atoms with E-state index in [1.165, 1.54) is 0 Å². The van der Waals surface area contributed by atoms with E-state index in [0.29, 0.717) is 0 Å². The predicted octanol–water partition coefficient (Wildman–Crippen LogP) is 1.43. The Kier molecular flexibility index (Phi) is 2.87. The lowest BCUT2D eigenvalue weighted by Gasteiger charge is -2.10. The molecule has 0 fully saturated rings. The van der Waals surface area contributed by atoms with E-state index in [1.54, 1.807) is 0 Å². The minimum absolute atomic E-state index is 0.656. The Morgan fingerprint density at radius 1 is 1.50 bits per heavy atom. The SMILES string of the molecule is C[Si]([O])(O)CCC(F)(F)F. The van der Waals surface area contributed by atoms with Gasteiger partial charge in [-0.2, -0.15) is 13.2 Å². The number of hydrogen-bond donors (Lipinski definition) is 1. The van der Waals surface area contributed by atoms with Gasteiger partial charge >= 0.3 is 14.7 Å². The summed E-state index contributed by atoms with van der Waals surface area (Å²) < 4.78 is 34.1. The molecule has 61 valence electrons. The van der Waals surface area contributed by atoms with Crippen molar-refractivity contribution >= 4 is 8.56 Å². The summed E-state index contributed by atoms with van der Waals surface area (Å²) in [6.45, 7) is 0.943. The quantitative estimate of drug-likeness (QED) is 0.630. The van der Waals surface area contributed by atoms with Gasteiger partial charge < -0.3 is 4.80 Å². The molecule has 1 atom stereocenters. The summed E-state index contributed by atoms with van der Waals surface area (Å²) in [5.41, 5.74) is 0. The summed E-state index contributed by atoms with van der Waals surface area (Å²) in [5, 5.41) is 0. The molecule has 0 spiro atoms. The lowest BCUT2D eigenvalue weighted by atomic mass is 10.5. The third-order valence-corrected chi connectivity index (χ3v) is 2.05. The van der Waals surface area contributed by atoms with Crippen LogP contribution in [0.15, 0.2) is 0 Å². The highest BCUT2D eigenvalue weighted by Gasteiger charge is 2.34. The Hall–Kier alpha value is -0.0731. The van der Waals surface area contributed by atoms with E-state index < -0.39 is 27.2 Å². The van der Waals surface area contributed by atoms with E-state index in [9.17, 15) is 18.0 Å². The first kappa shape index (κ1) is 9.93. The predicted molar refractivity (Wildman–Crippen MR) is 30.0 cm³/mol. The van der Waals surface area contributed by atoms with Gasteiger partial charge in [-0.05, 0) is 6.55 Å². The Balaban J connectivity index is 3.56. The van der Waals surface area contributed by atoms with Crippen molar-refractivity contribution in [2.45, 2.75) is 25.2 Å². The highest BCUT2D eigenvalue weighted by atomic mass is 28.4. The Morgan fingerprint density at radius 3 is 2.00 bits per heavy atom. The Morgan fingerprint density at radius 2 is 1.90 bits per heavy atom. The van der Waals surface area contributed by atoms with Crippen molar-refractivity contribution in [3.05, 3.63) is 0 Å². The smallest absolute Gasteiger partial charge is 0.389 e. The molecule has 0 aliphatic carbocycles. The number of halogens is 3. The van der Waals surface area contributed by atoms with Crippen LogP contribution in [0.5, 0.6) is 0 Å². The maximum Gasteiger partial charge on any atom is 0.389 e. The zero-order valence-electron chi connectivity index (χ0n) is 5.40. The van der Waals surface area contributed by atoms with Gasteiger partial charge in [-0.1, -0.05) is 0 Å². The van der Waals surface area contributed by atoms with Gasteiger partial charge in [0.15, 0.2) is 0 Å². The van der Waals surface area contributed by atoms with Crippen LogP contribution < -0.4 is 0 Å². The van der Waals surface area contributed by atoms with E-state index in [-0.39, 0.29) is 0 Å². The van der Waals surface area contributed by atoms with Gasteiger partial charge in [0.1, 0.15) is 0 Å². The molecule has 0 bridgehead atoms. The maximum absolute atomic E-state index is 11.4. The zero-order valence-corrected chi connectivity index (χ0v) is 6.40. The molecule has 10 heavy (non-hydrogen) atoms. The average molecular weight is 173 g/mol. The van der Waals surface area contributed by atoms with Gasteiger partial charge in [0.25, 0.3) is 0 Å². The van der Waals surface area contributed by atoms with E-state index in [1.807, 2.05) is 0 Å². The topological polar surface area (TPSA) is 40.1 Å². The van der Waals surface area contributed by atoms with E-state index in [2.05, 4.69) is 0 Å². The van der Waals surface area contributed by atoms with Gasteiger partial charge in [-0.25, -0.2) is 0 Å². The molecular formula is C4H8F3O2Si. The molecule has 0 saturated heterocycles. The Labute approximate surface area is 57.5 Å². The maximum atomic E-state index is 11.4. The molecule has 0 heterocycles. The Bertz CT molecular complexity index is 92.1. The third-order valence-electron chi connectivity index (χ3n) is 0.872. The molecule has 1 radical (unpaired) electrons.